The first kappa shape index (κ1) is 11.8. The Balaban J connectivity index is 1.81. The Kier molecular flexibility index (Phi) is 4.12. The van der Waals surface area contributed by atoms with E-state index in [9.17, 15) is 0 Å². The molecule has 0 bridgehead atoms. The summed E-state index contributed by atoms with van der Waals surface area (Å²) in [5.74, 6) is 0.838. The fraction of sp³-hybridized carbons (Fsp3) is 0.818. The van der Waals surface area contributed by atoms with Gasteiger partial charge >= 0.3 is 0 Å². The molecule has 90 valence electrons. The average Bonchev–Trinajstić information content (AvgIpc) is 2.74. The van der Waals surface area contributed by atoms with Gasteiger partial charge in [0.05, 0.1) is 0 Å². The monoisotopic (exact) mass is 240 g/mol. The lowest BCUT2D eigenvalue weighted by molar-refractivity contribution is 0.386. The third kappa shape index (κ3) is 2.92. The first-order valence-electron chi connectivity index (χ1n) is 6.05. The Morgan fingerprint density at radius 3 is 2.69 bits per heavy atom. The van der Waals surface area contributed by atoms with Crippen LogP contribution in [0, 0.1) is 12.8 Å². The normalized spacial score (nSPS) is 18.0. The van der Waals surface area contributed by atoms with Crippen molar-refractivity contribution in [1.82, 2.24) is 15.5 Å². The quantitative estimate of drug-likeness (QED) is 0.869. The molecule has 2 heterocycles. The van der Waals surface area contributed by atoms with E-state index in [0.29, 0.717) is 0 Å². The number of rotatable bonds is 4. The van der Waals surface area contributed by atoms with E-state index >= 15 is 0 Å². The van der Waals surface area contributed by atoms with Gasteiger partial charge in [-0.25, -0.2) is 0 Å². The van der Waals surface area contributed by atoms with Crippen LogP contribution < -0.4 is 10.2 Å². The molecule has 0 aliphatic carbocycles. The third-order valence-electron chi connectivity index (χ3n) is 3.08. The zero-order valence-electron chi connectivity index (χ0n) is 10.1. The molecule has 1 fully saturated rings. The molecule has 1 aromatic heterocycles. The predicted molar refractivity (Wildman–Crippen MR) is 68.1 cm³/mol. The molecule has 0 amide bonds. The Bertz CT molecular complexity index is 318. The molecule has 16 heavy (non-hydrogen) atoms. The number of aryl methyl sites for hydroxylation is 1. The number of piperidine rings is 1. The lowest BCUT2D eigenvalue weighted by atomic mass is 9.97. The number of aromatic nitrogens is 2. The highest BCUT2D eigenvalue weighted by atomic mass is 32.1. The molecular weight excluding hydrogens is 220 g/mol. The molecule has 1 N–H and O–H groups in total. The van der Waals surface area contributed by atoms with Crippen molar-refractivity contribution in [3.63, 3.8) is 0 Å². The van der Waals surface area contributed by atoms with Crippen molar-refractivity contribution in [2.24, 2.45) is 5.92 Å². The molecule has 1 saturated heterocycles. The summed E-state index contributed by atoms with van der Waals surface area (Å²) in [5, 5.41) is 13.9. The van der Waals surface area contributed by atoms with Crippen LogP contribution in [0.3, 0.4) is 0 Å². The minimum Gasteiger partial charge on any atom is -0.347 e. The van der Waals surface area contributed by atoms with Gasteiger partial charge in [-0.3, -0.25) is 0 Å². The Morgan fingerprint density at radius 1 is 1.38 bits per heavy atom. The summed E-state index contributed by atoms with van der Waals surface area (Å²) in [4.78, 5) is 2.37. The van der Waals surface area contributed by atoms with Crippen molar-refractivity contribution >= 4 is 16.5 Å². The largest absolute Gasteiger partial charge is 0.347 e. The molecule has 1 aliphatic heterocycles. The van der Waals surface area contributed by atoms with Crippen LogP contribution in [-0.2, 0) is 0 Å². The highest BCUT2D eigenvalue weighted by Crippen LogP contribution is 2.25. The van der Waals surface area contributed by atoms with Crippen LogP contribution in [0.5, 0.6) is 0 Å². The highest BCUT2D eigenvalue weighted by Gasteiger charge is 2.20. The van der Waals surface area contributed by atoms with Crippen molar-refractivity contribution in [3.05, 3.63) is 5.01 Å². The summed E-state index contributed by atoms with van der Waals surface area (Å²) in [6.07, 6.45) is 2.54. The van der Waals surface area contributed by atoms with Crippen LogP contribution in [0.2, 0.25) is 0 Å². The number of nitrogens with zero attached hydrogens (tertiary/aromatic N) is 3. The molecule has 0 aromatic carbocycles. The van der Waals surface area contributed by atoms with Crippen molar-refractivity contribution in [1.29, 1.82) is 0 Å². The fourth-order valence-electron chi connectivity index (χ4n) is 2.09. The molecule has 0 radical (unpaired) electrons. The van der Waals surface area contributed by atoms with E-state index in [4.69, 9.17) is 0 Å². The molecule has 0 spiro atoms. The van der Waals surface area contributed by atoms with E-state index in [1.807, 2.05) is 6.92 Å². The maximum absolute atomic E-state index is 4.21. The fourth-order valence-corrected chi connectivity index (χ4v) is 2.83. The van der Waals surface area contributed by atoms with Crippen LogP contribution in [0.25, 0.3) is 0 Å². The van der Waals surface area contributed by atoms with Crippen molar-refractivity contribution in [3.8, 4) is 0 Å². The maximum Gasteiger partial charge on any atom is 0.208 e. The predicted octanol–water partition coefficient (Wildman–Crippen LogP) is 1.67. The molecule has 0 unspecified atom stereocenters. The molecular formula is C11H20N4S. The topological polar surface area (TPSA) is 41.0 Å². The van der Waals surface area contributed by atoms with Gasteiger partial charge in [0.25, 0.3) is 0 Å². The Hall–Kier alpha value is -0.680. The molecule has 4 nitrogen and oxygen atoms in total. The Morgan fingerprint density at radius 2 is 2.12 bits per heavy atom. The van der Waals surface area contributed by atoms with E-state index in [1.54, 1.807) is 11.3 Å². The SMILES string of the molecule is CCNCC1CCN(c2nnc(C)s2)CC1. The van der Waals surface area contributed by atoms with Gasteiger partial charge < -0.3 is 10.2 Å². The van der Waals surface area contributed by atoms with Crippen LogP contribution in [0.15, 0.2) is 0 Å². The van der Waals surface area contributed by atoms with E-state index in [1.165, 1.54) is 19.4 Å². The summed E-state index contributed by atoms with van der Waals surface area (Å²) in [5.41, 5.74) is 0. The first-order valence-corrected chi connectivity index (χ1v) is 6.87. The van der Waals surface area contributed by atoms with Crippen molar-refractivity contribution in [2.75, 3.05) is 31.1 Å². The summed E-state index contributed by atoms with van der Waals surface area (Å²) in [6.45, 7) is 8.68. The van der Waals surface area contributed by atoms with Crippen LogP contribution in [0.1, 0.15) is 24.8 Å². The number of anilines is 1. The Labute approximate surface area is 101 Å². The van der Waals surface area contributed by atoms with Gasteiger partial charge in [-0.05, 0) is 38.8 Å². The lowest BCUT2D eigenvalue weighted by Gasteiger charge is -2.31. The number of hydrogen-bond acceptors (Lipinski definition) is 5. The van der Waals surface area contributed by atoms with Gasteiger partial charge in [0.15, 0.2) is 0 Å². The second kappa shape index (κ2) is 5.59. The average molecular weight is 240 g/mol. The molecule has 1 aromatic rings. The van der Waals surface area contributed by atoms with Gasteiger partial charge in [0.1, 0.15) is 5.01 Å². The lowest BCUT2D eigenvalue weighted by Crippen LogP contribution is -2.37. The second-order valence-corrected chi connectivity index (χ2v) is 5.50. The van der Waals surface area contributed by atoms with E-state index < -0.39 is 0 Å². The smallest absolute Gasteiger partial charge is 0.208 e. The number of nitrogens with one attached hydrogen (secondary N) is 1. The molecule has 0 saturated carbocycles. The first-order chi connectivity index (χ1) is 7.79. The van der Waals surface area contributed by atoms with Crippen LogP contribution >= 0.6 is 11.3 Å². The van der Waals surface area contributed by atoms with Gasteiger partial charge in [-0.15, -0.1) is 10.2 Å². The van der Waals surface area contributed by atoms with E-state index in [2.05, 4.69) is 27.3 Å². The van der Waals surface area contributed by atoms with Gasteiger partial charge in [-0.1, -0.05) is 18.3 Å². The zero-order chi connectivity index (χ0) is 11.4. The van der Waals surface area contributed by atoms with Crippen LogP contribution in [-0.4, -0.2) is 36.4 Å². The summed E-state index contributed by atoms with van der Waals surface area (Å²) in [7, 11) is 0. The van der Waals surface area contributed by atoms with Gasteiger partial charge in [0, 0.05) is 13.1 Å². The summed E-state index contributed by atoms with van der Waals surface area (Å²) in [6, 6.07) is 0. The van der Waals surface area contributed by atoms with Crippen molar-refractivity contribution in [2.45, 2.75) is 26.7 Å². The summed E-state index contributed by atoms with van der Waals surface area (Å²) >= 11 is 1.70. The minimum absolute atomic E-state index is 0.838. The highest BCUT2D eigenvalue weighted by molar-refractivity contribution is 7.15. The molecule has 5 heteroatoms. The third-order valence-corrected chi connectivity index (χ3v) is 3.98. The minimum atomic E-state index is 0.838. The van der Waals surface area contributed by atoms with E-state index in [0.717, 1.165) is 35.7 Å². The van der Waals surface area contributed by atoms with Crippen molar-refractivity contribution < 1.29 is 0 Å². The second-order valence-electron chi connectivity index (χ2n) is 4.34. The summed E-state index contributed by atoms with van der Waals surface area (Å²) < 4.78 is 0. The van der Waals surface area contributed by atoms with Gasteiger partial charge in [0.2, 0.25) is 5.13 Å². The van der Waals surface area contributed by atoms with E-state index in [-0.39, 0.29) is 0 Å². The molecule has 2 rings (SSSR count). The molecule has 1 aliphatic rings. The maximum atomic E-state index is 4.21. The zero-order valence-corrected chi connectivity index (χ0v) is 10.9. The standard InChI is InChI=1S/C11H20N4S/c1-3-12-8-10-4-6-15(7-5-10)11-14-13-9(2)16-11/h10,12H,3-8H2,1-2H3. The molecule has 0 atom stereocenters. The van der Waals surface area contributed by atoms with Crippen LogP contribution in [0.4, 0.5) is 5.13 Å². The number of hydrogen-bond donors (Lipinski definition) is 1. The van der Waals surface area contributed by atoms with Gasteiger partial charge in [-0.2, -0.15) is 0 Å².